The number of anilines is 1. The van der Waals surface area contributed by atoms with E-state index >= 15 is 0 Å². The summed E-state index contributed by atoms with van der Waals surface area (Å²) in [5, 5.41) is 8.95. The summed E-state index contributed by atoms with van der Waals surface area (Å²) < 4.78 is 0. The Balaban J connectivity index is 1.45. The maximum atomic E-state index is 5.19. The van der Waals surface area contributed by atoms with Crippen molar-refractivity contribution in [1.82, 2.24) is 15.6 Å². The molecule has 2 fully saturated rings. The van der Waals surface area contributed by atoms with Gasteiger partial charge < -0.3 is 10.2 Å². The highest BCUT2D eigenvalue weighted by molar-refractivity contribution is 5.45. The molecule has 1 aromatic heterocycles. The second-order valence-electron chi connectivity index (χ2n) is 9.41. The largest absolute Gasteiger partial charge is 0.363 e. The van der Waals surface area contributed by atoms with Crippen LogP contribution in [0.5, 0.6) is 0 Å². The van der Waals surface area contributed by atoms with Gasteiger partial charge in [-0.2, -0.15) is 0 Å². The maximum absolute atomic E-state index is 5.19. The summed E-state index contributed by atoms with van der Waals surface area (Å²) in [5.41, 5.74) is 4.53. The summed E-state index contributed by atoms with van der Waals surface area (Å²) >= 11 is 0. The van der Waals surface area contributed by atoms with E-state index in [0.29, 0.717) is 17.9 Å². The van der Waals surface area contributed by atoms with Crippen LogP contribution in [0.25, 0.3) is 0 Å². The molecular formula is C25H33N4. The Hall–Kier alpha value is -1.91. The van der Waals surface area contributed by atoms with Gasteiger partial charge in [0.05, 0.1) is 0 Å². The highest BCUT2D eigenvalue weighted by Gasteiger charge is 2.50. The number of rotatable bonds is 3. The molecule has 4 atom stereocenters. The molecule has 2 saturated heterocycles. The molecule has 2 aromatic rings. The van der Waals surface area contributed by atoms with Crippen molar-refractivity contribution in [2.75, 3.05) is 38.6 Å². The number of hydrogen-bond acceptors (Lipinski definition) is 3. The first-order valence-corrected chi connectivity index (χ1v) is 11.3. The molecule has 1 spiro atoms. The van der Waals surface area contributed by atoms with Crippen molar-refractivity contribution in [3.8, 4) is 0 Å². The number of benzene rings is 1. The molecule has 4 nitrogen and oxygen atoms in total. The topological polar surface area (TPSA) is 42.3 Å². The Morgan fingerprint density at radius 3 is 2.79 bits per heavy atom. The normalized spacial score (nSPS) is 31.6. The van der Waals surface area contributed by atoms with Crippen molar-refractivity contribution in [2.45, 2.75) is 49.5 Å². The number of aryl methyl sites for hydroxylation is 1. The lowest BCUT2D eigenvalue weighted by molar-refractivity contribution is 0.192. The van der Waals surface area contributed by atoms with Gasteiger partial charge in [0.1, 0.15) is 5.82 Å². The number of hydrogen-bond donors (Lipinski definition) is 1. The third kappa shape index (κ3) is 3.36. The second kappa shape index (κ2) is 7.73. The van der Waals surface area contributed by atoms with E-state index < -0.39 is 0 Å². The maximum Gasteiger partial charge on any atom is 0.128 e. The molecule has 0 saturated carbocycles. The lowest BCUT2D eigenvalue weighted by atomic mass is 9.62. The lowest BCUT2D eigenvalue weighted by Crippen LogP contribution is -2.49. The highest BCUT2D eigenvalue weighted by atomic mass is 15.1. The number of aromatic nitrogens is 1. The van der Waals surface area contributed by atoms with Crippen LogP contribution in [-0.4, -0.2) is 44.8 Å². The van der Waals surface area contributed by atoms with Gasteiger partial charge in [-0.15, -0.1) is 0 Å². The number of piperidine rings is 1. The van der Waals surface area contributed by atoms with Gasteiger partial charge in [0, 0.05) is 50.9 Å². The Morgan fingerprint density at radius 2 is 1.97 bits per heavy atom. The van der Waals surface area contributed by atoms with E-state index in [1.165, 1.54) is 42.5 Å². The predicted molar refractivity (Wildman–Crippen MR) is 119 cm³/mol. The van der Waals surface area contributed by atoms with Crippen molar-refractivity contribution < 1.29 is 0 Å². The fraction of sp³-hybridized carbons (Fsp3) is 0.560. The van der Waals surface area contributed by atoms with E-state index in [1.54, 1.807) is 0 Å². The minimum atomic E-state index is 0.207. The van der Waals surface area contributed by atoms with Crippen LogP contribution in [0, 0.1) is 5.92 Å². The first-order chi connectivity index (χ1) is 14.2. The molecule has 3 heterocycles. The molecule has 5 rings (SSSR count). The lowest BCUT2D eigenvalue weighted by Gasteiger charge is -2.44. The molecule has 1 radical (unpaired) electrons. The number of pyridine rings is 1. The molecule has 0 bridgehead atoms. The van der Waals surface area contributed by atoms with Crippen molar-refractivity contribution in [3.05, 3.63) is 59.3 Å². The fourth-order valence-electron chi connectivity index (χ4n) is 6.14. The summed E-state index contributed by atoms with van der Waals surface area (Å²) in [6, 6.07) is 16.1. The third-order valence-electron chi connectivity index (χ3n) is 7.61. The minimum absolute atomic E-state index is 0.207. The average Bonchev–Trinajstić information content (AvgIpc) is 3.18. The summed E-state index contributed by atoms with van der Waals surface area (Å²) in [5.74, 6) is 2.31. The van der Waals surface area contributed by atoms with Gasteiger partial charge in [-0.25, -0.2) is 10.3 Å². The molecule has 3 aliphatic rings. The van der Waals surface area contributed by atoms with Crippen molar-refractivity contribution in [2.24, 2.45) is 5.92 Å². The molecule has 29 heavy (non-hydrogen) atoms. The van der Waals surface area contributed by atoms with Crippen LogP contribution in [0.15, 0.2) is 42.5 Å². The van der Waals surface area contributed by atoms with E-state index in [1.807, 2.05) is 0 Å². The van der Waals surface area contributed by atoms with Gasteiger partial charge in [-0.3, -0.25) is 0 Å². The molecule has 2 unspecified atom stereocenters. The van der Waals surface area contributed by atoms with Crippen LogP contribution in [0.3, 0.4) is 0 Å². The van der Waals surface area contributed by atoms with Crippen molar-refractivity contribution >= 4 is 5.82 Å². The predicted octanol–water partition coefficient (Wildman–Crippen LogP) is 3.49. The monoisotopic (exact) mass is 389 g/mol. The van der Waals surface area contributed by atoms with E-state index in [9.17, 15) is 0 Å². The smallest absolute Gasteiger partial charge is 0.128 e. The van der Waals surface area contributed by atoms with Crippen LogP contribution >= 0.6 is 0 Å². The molecular weight excluding hydrogens is 356 g/mol. The molecule has 153 valence electrons. The Morgan fingerprint density at radius 1 is 1.10 bits per heavy atom. The van der Waals surface area contributed by atoms with Crippen LogP contribution in [0.2, 0.25) is 0 Å². The second-order valence-corrected chi connectivity index (χ2v) is 9.41. The van der Waals surface area contributed by atoms with E-state index in [2.05, 4.69) is 66.8 Å². The first kappa shape index (κ1) is 19.1. The van der Waals surface area contributed by atoms with Crippen LogP contribution < -0.4 is 15.5 Å². The molecule has 4 heteroatoms. The van der Waals surface area contributed by atoms with E-state index in [0.717, 1.165) is 31.9 Å². The van der Waals surface area contributed by atoms with Gasteiger partial charge in [0.2, 0.25) is 0 Å². The minimum Gasteiger partial charge on any atom is -0.363 e. The Labute approximate surface area is 175 Å². The van der Waals surface area contributed by atoms with Crippen molar-refractivity contribution in [3.63, 3.8) is 0 Å². The van der Waals surface area contributed by atoms with E-state index in [-0.39, 0.29) is 5.41 Å². The zero-order valence-corrected chi connectivity index (χ0v) is 17.8. The highest BCUT2D eigenvalue weighted by Crippen LogP contribution is 2.48. The third-order valence-corrected chi connectivity index (χ3v) is 7.61. The van der Waals surface area contributed by atoms with Gasteiger partial charge in [0.25, 0.3) is 0 Å². The van der Waals surface area contributed by atoms with Crippen LogP contribution in [-0.2, 0) is 11.8 Å². The Kier molecular flexibility index (Phi) is 5.09. The molecule has 1 N–H and O–H groups in total. The average molecular weight is 390 g/mol. The standard InChI is InChI=1S/C25H33N4/c1-29(2)24-11-10-20-22(28-24)9-6-13-25(20)17-26-16-21(25)23-15-19(12-14-27-23)18-7-4-3-5-8-18/h3-5,7-8,10-11,19,21,23,26H,6,9,12-17H2,1-2H3/t19?,21-,23?,25-/m0/s1. The molecule has 2 aliphatic heterocycles. The van der Waals surface area contributed by atoms with E-state index in [4.69, 9.17) is 10.3 Å². The summed E-state index contributed by atoms with van der Waals surface area (Å²) in [6.45, 7) is 3.17. The number of nitrogens with zero attached hydrogens (tertiary/aromatic N) is 3. The number of fused-ring (bicyclic) bond motifs is 2. The fourth-order valence-corrected chi connectivity index (χ4v) is 6.14. The van der Waals surface area contributed by atoms with Gasteiger partial charge in [-0.1, -0.05) is 36.4 Å². The SMILES string of the molecule is CN(C)c1ccc2c(n1)CCC[C@]21CNC[C@H]1C1CC(c2ccccc2)CC[N]1. The van der Waals surface area contributed by atoms with Crippen LogP contribution in [0.4, 0.5) is 5.82 Å². The molecule has 1 aliphatic carbocycles. The van der Waals surface area contributed by atoms with Crippen molar-refractivity contribution in [1.29, 1.82) is 0 Å². The number of nitrogens with one attached hydrogen (secondary N) is 1. The Bertz CT molecular complexity index is 849. The summed E-state index contributed by atoms with van der Waals surface area (Å²) in [6.07, 6.45) is 6.00. The van der Waals surface area contributed by atoms with Crippen LogP contribution in [0.1, 0.15) is 48.4 Å². The zero-order chi connectivity index (χ0) is 19.8. The quantitative estimate of drug-likeness (QED) is 0.874. The zero-order valence-electron chi connectivity index (χ0n) is 17.8. The van der Waals surface area contributed by atoms with Gasteiger partial charge in [-0.05, 0) is 61.1 Å². The molecule has 0 amide bonds. The van der Waals surface area contributed by atoms with Gasteiger partial charge in [0.15, 0.2) is 0 Å². The summed E-state index contributed by atoms with van der Waals surface area (Å²) in [7, 11) is 4.16. The van der Waals surface area contributed by atoms with Gasteiger partial charge >= 0.3 is 0 Å². The summed E-state index contributed by atoms with van der Waals surface area (Å²) in [4.78, 5) is 7.16. The molecule has 1 aromatic carbocycles. The first-order valence-electron chi connectivity index (χ1n) is 11.3.